The van der Waals surface area contributed by atoms with Crippen LogP contribution in [0.25, 0.3) is 0 Å². The number of ether oxygens (including phenoxy) is 3. The van der Waals surface area contributed by atoms with Crippen LogP contribution in [-0.2, 0) is 26.1 Å². The number of aromatic nitrogens is 2. The fraction of sp³-hybridized carbons (Fsp3) is 0.645. The molecule has 13 heteroatoms. The van der Waals surface area contributed by atoms with Crippen LogP contribution in [0.2, 0.25) is 13.1 Å². The van der Waals surface area contributed by atoms with Crippen molar-refractivity contribution in [1.82, 2.24) is 9.55 Å². The lowest BCUT2D eigenvalue weighted by Gasteiger charge is -2.41. The van der Waals surface area contributed by atoms with Gasteiger partial charge in [-0.25, -0.2) is 9.59 Å². The van der Waals surface area contributed by atoms with Gasteiger partial charge in [0.15, 0.2) is 0 Å². The number of aliphatic hydroxyl groups is 1. The number of benzene rings is 1. The number of nitro groups is 1. The summed E-state index contributed by atoms with van der Waals surface area (Å²) < 4.78 is 19.7. The zero-order chi connectivity index (χ0) is 33.5. The van der Waals surface area contributed by atoms with Crippen LogP contribution >= 0.6 is 0 Å². The molecule has 0 bridgehead atoms. The molecule has 1 N–H and O–H groups in total. The molecule has 2 aromatic rings. The van der Waals surface area contributed by atoms with E-state index >= 15 is 0 Å². The number of carbonyl (C=O) groups is 1. The van der Waals surface area contributed by atoms with E-state index in [1.807, 2.05) is 54.6 Å². The minimum atomic E-state index is -1.49. The number of carbonyl (C=O) groups excluding carboxylic acids is 1. The molecule has 1 aliphatic heterocycles. The predicted octanol–water partition coefficient (Wildman–Crippen LogP) is 5.42. The zero-order valence-electron chi connectivity index (χ0n) is 27.8. The van der Waals surface area contributed by atoms with Crippen molar-refractivity contribution in [3.05, 3.63) is 62.7 Å². The van der Waals surface area contributed by atoms with E-state index in [1.165, 1.54) is 35.0 Å². The first-order valence-electron chi connectivity index (χ1n) is 14.7. The largest absolute Gasteiger partial charge is 0.443 e. The maximum atomic E-state index is 13.8. The molecule has 12 nitrogen and oxygen atoms in total. The van der Waals surface area contributed by atoms with E-state index in [1.54, 1.807) is 26.8 Å². The lowest BCUT2D eigenvalue weighted by molar-refractivity contribution is -0.385. The summed E-state index contributed by atoms with van der Waals surface area (Å²) in [5.74, 6) is -0.0357. The fourth-order valence-electron chi connectivity index (χ4n) is 5.15. The van der Waals surface area contributed by atoms with Gasteiger partial charge in [0.2, 0.25) is 0 Å². The molecule has 0 spiro atoms. The summed E-state index contributed by atoms with van der Waals surface area (Å²) in [5, 5.41) is 22.6. The van der Waals surface area contributed by atoms with Gasteiger partial charge in [0.05, 0.1) is 23.7 Å². The Kier molecular flexibility index (Phi) is 9.91. The minimum absolute atomic E-state index is 0.0357. The van der Waals surface area contributed by atoms with Crippen LogP contribution in [0.3, 0.4) is 0 Å². The van der Waals surface area contributed by atoms with E-state index in [2.05, 4.69) is 4.98 Å². The highest BCUT2D eigenvalue weighted by Crippen LogP contribution is 2.51. The Hall–Kier alpha value is -3.13. The molecular formula is C31H47N4O8Si. The Morgan fingerprint density at radius 3 is 2.25 bits per heavy atom. The smallest absolute Gasteiger partial charge is 0.416 e. The van der Waals surface area contributed by atoms with E-state index in [-0.39, 0.29) is 36.6 Å². The number of hydrogen-bond donors (Lipinski definition) is 1. The van der Waals surface area contributed by atoms with Gasteiger partial charge in [0, 0.05) is 24.2 Å². The van der Waals surface area contributed by atoms with Crippen LogP contribution in [0.1, 0.15) is 74.3 Å². The number of amides is 1. The van der Waals surface area contributed by atoms with Crippen LogP contribution in [-0.4, -0.2) is 64.0 Å². The molecule has 3 atom stereocenters. The third-order valence-electron chi connectivity index (χ3n) is 7.71. The Morgan fingerprint density at radius 1 is 1.14 bits per heavy atom. The van der Waals surface area contributed by atoms with E-state index in [0.29, 0.717) is 0 Å². The molecule has 1 radical (unpaired) electrons. The number of nitro benzene ring substituents is 1. The molecule has 1 saturated heterocycles. The van der Waals surface area contributed by atoms with Crippen LogP contribution in [0.4, 0.5) is 16.3 Å². The summed E-state index contributed by atoms with van der Waals surface area (Å²) in [6, 6.07) is 7.54. The molecule has 1 aromatic heterocycles. The van der Waals surface area contributed by atoms with Crippen molar-refractivity contribution >= 4 is 26.4 Å². The molecule has 243 valence electrons. The van der Waals surface area contributed by atoms with Crippen LogP contribution < -0.4 is 10.6 Å². The highest BCUT2D eigenvalue weighted by Gasteiger charge is 2.62. The molecular weight excluding hydrogens is 584 g/mol. The van der Waals surface area contributed by atoms with Crippen molar-refractivity contribution in [2.24, 2.45) is 5.41 Å². The molecule has 44 heavy (non-hydrogen) atoms. The van der Waals surface area contributed by atoms with Gasteiger partial charge in [-0.1, -0.05) is 52.1 Å². The second-order valence-corrected chi connectivity index (χ2v) is 17.3. The van der Waals surface area contributed by atoms with E-state index in [0.717, 1.165) is 4.90 Å². The number of nitrogens with zero attached hydrogens (tertiary/aromatic N) is 4. The van der Waals surface area contributed by atoms with Crippen LogP contribution in [0.5, 0.6) is 0 Å². The minimum Gasteiger partial charge on any atom is -0.443 e. The summed E-state index contributed by atoms with van der Waals surface area (Å²) in [6.45, 7) is 20.5. The molecule has 1 aliphatic rings. The fourth-order valence-corrected chi connectivity index (χ4v) is 6.80. The SMILES string of the molecule is C[Si](C)[C@]1(n2ccc(N(Cc3ccccc3[N+](=O)[O-])C(=O)OC(C)(C)C)nc2=O)C[C@@](O)(C(C)(C)C)[C@@H](COC(C)(C)C)O1. The monoisotopic (exact) mass is 631 g/mol. The Balaban J connectivity index is 2.12. The first kappa shape index (κ1) is 35.3. The maximum Gasteiger partial charge on any atom is 0.416 e. The van der Waals surface area contributed by atoms with Crippen LogP contribution in [0.15, 0.2) is 41.3 Å². The number of hydrogen-bond acceptors (Lipinski definition) is 9. The van der Waals surface area contributed by atoms with Gasteiger partial charge < -0.3 is 19.3 Å². The summed E-state index contributed by atoms with van der Waals surface area (Å²) in [7, 11) is -1.49. The lowest BCUT2D eigenvalue weighted by Crippen LogP contribution is -2.53. The van der Waals surface area contributed by atoms with Crippen molar-refractivity contribution in [3.8, 4) is 0 Å². The Morgan fingerprint density at radius 2 is 1.75 bits per heavy atom. The number of rotatable bonds is 8. The Bertz CT molecular complexity index is 1430. The van der Waals surface area contributed by atoms with Crippen LogP contribution in [0, 0.1) is 15.5 Å². The third-order valence-corrected chi connectivity index (χ3v) is 9.81. The second-order valence-electron chi connectivity index (χ2n) is 14.6. The first-order valence-corrected chi connectivity index (χ1v) is 17.2. The highest BCUT2D eigenvalue weighted by atomic mass is 28.3. The van der Waals surface area contributed by atoms with Gasteiger partial charge in [-0.05, 0) is 53.0 Å². The van der Waals surface area contributed by atoms with Crippen molar-refractivity contribution in [2.75, 3.05) is 11.5 Å². The van der Waals surface area contributed by atoms with E-state index in [9.17, 15) is 24.8 Å². The molecule has 0 saturated carbocycles. The Labute approximate surface area is 261 Å². The molecule has 0 aliphatic carbocycles. The van der Waals surface area contributed by atoms with Gasteiger partial charge in [0.25, 0.3) is 5.69 Å². The number of anilines is 1. The van der Waals surface area contributed by atoms with Gasteiger partial charge in [-0.15, -0.1) is 0 Å². The van der Waals surface area contributed by atoms with Gasteiger partial charge >= 0.3 is 11.8 Å². The van der Waals surface area contributed by atoms with Crippen molar-refractivity contribution in [2.45, 2.75) is 117 Å². The number of para-hydroxylation sites is 1. The maximum absolute atomic E-state index is 13.8. The average Bonchev–Trinajstić information content (AvgIpc) is 3.19. The summed E-state index contributed by atoms with van der Waals surface area (Å²) >= 11 is 0. The molecule has 3 rings (SSSR count). The summed E-state index contributed by atoms with van der Waals surface area (Å²) in [6.07, 6.45) is 0.0971. The highest BCUT2D eigenvalue weighted by molar-refractivity contribution is 6.58. The molecule has 1 fully saturated rings. The lowest BCUT2D eigenvalue weighted by atomic mass is 9.72. The average molecular weight is 632 g/mol. The molecule has 0 unspecified atom stereocenters. The van der Waals surface area contributed by atoms with Gasteiger partial charge in [-0.3, -0.25) is 19.6 Å². The standard InChI is InChI=1S/C31H47N4O8Si/c1-27(2,3)30(38)20-31(44(10)11,42-23(30)19-41-28(4,5)6)34-17-16-24(32-25(34)36)33(26(37)43-29(7,8)9)18-21-14-12-13-15-22(21)35(39)40/h12-17,23,38H,18-20H2,1-11H3/t23-,30+,31+/m1/s1. The third kappa shape index (κ3) is 7.56. The quantitative estimate of drug-likeness (QED) is 0.229. The second kappa shape index (κ2) is 12.3. The molecule has 1 amide bonds. The summed E-state index contributed by atoms with van der Waals surface area (Å²) in [4.78, 5) is 43.8. The normalized spacial score (nSPS) is 22.7. The first-order chi connectivity index (χ1) is 20.0. The van der Waals surface area contributed by atoms with Gasteiger partial charge in [0.1, 0.15) is 37.3 Å². The van der Waals surface area contributed by atoms with Crippen molar-refractivity contribution < 1.29 is 29.0 Å². The predicted molar refractivity (Wildman–Crippen MR) is 169 cm³/mol. The summed E-state index contributed by atoms with van der Waals surface area (Å²) in [5.41, 5.74) is -3.94. The van der Waals surface area contributed by atoms with Crippen molar-refractivity contribution in [1.29, 1.82) is 0 Å². The topological polar surface area (TPSA) is 146 Å². The van der Waals surface area contributed by atoms with E-state index in [4.69, 9.17) is 14.2 Å². The van der Waals surface area contributed by atoms with Gasteiger partial charge in [-0.2, -0.15) is 4.98 Å². The zero-order valence-corrected chi connectivity index (χ0v) is 28.8. The molecule has 1 aromatic carbocycles. The van der Waals surface area contributed by atoms with E-state index < -0.39 is 59.2 Å². The van der Waals surface area contributed by atoms with Crippen molar-refractivity contribution in [3.63, 3.8) is 0 Å². The molecule has 2 heterocycles.